The van der Waals surface area contributed by atoms with Crippen LogP contribution in [0.25, 0.3) is 0 Å². The highest BCUT2D eigenvalue weighted by Gasteiger charge is 2.24. The molecule has 1 aliphatic rings. The van der Waals surface area contributed by atoms with Gasteiger partial charge in [-0.1, -0.05) is 12.5 Å². The summed E-state index contributed by atoms with van der Waals surface area (Å²) in [4.78, 5) is 26.6. The number of allylic oxidation sites excluding steroid dienone is 1. The quantitative estimate of drug-likeness (QED) is 0.666. The van der Waals surface area contributed by atoms with Crippen molar-refractivity contribution in [2.45, 2.75) is 52.1 Å². The van der Waals surface area contributed by atoms with Gasteiger partial charge in [0.2, 0.25) is 0 Å². The lowest BCUT2D eigenvalue weighted by molar-refractivity contribution is -0.112. The molecule has 1 fully saturated rings. The van der Waals surface area contributed by atoms with Crippen LogP contribution in [0.1, 0.15) is 50.4 Å². The zero-order valence-electron chi connectivity index (χ0n) is 16.2. The maximum Gasteiger partial charge on any atom is 0.271 e. The van der Waals surface area contributed by atoms with Crippen LogP contribution in [0.4, 0.5) is 10.1 Å². The maximum absolute atomic E-state index is 13.9. The number of nitrogens with two attached hydrogens (primary N) is 1. The number of carbonyl (C=O) groups excluding carboxylic acids is 2. The number of hydrogen-bond acceptors (Lipinski definition) is 4. The van der Waals surface area contributed by atoms with E-state index >= 15 is 0 Å². The van der Waals surface area contributed by atoms with Crippen molar-refractivity contribution in [3.8, 4) is 0 Å². The normalized spacial score (nSPS) is 21.0. The summed E-state index contributed by atoms with van der Waals surface area (Å²) in [5.41, 5.74) is 5.70. The Morgan fingerprint density at radius 2 is 1.96 bits per heavy atom. The molecule has 1 aliphatic heterocycles. The monoisotopic (exact) mass is 376 g/mol. The summed E-state index contributed by atoms with van der Waals surface area (Å²) >= 11 is 0. The number of benzene rings is 1. The van der Waals surface area contributed by atoms with Gasteiger partial charge in [-0.2, -0.15) is 0 Å². The number of nitrogens with zero attached hydrogens (tertiary/aromatic N) is 1. The van der Waals surface area contributed by atoms with Crippen LogP contribution in [0.15, 0.2) is 30.0 Å². The maximum atomic E-state index is 13.9. The molecule has 2 atom stereocenters. The van der Waals surface area contributed by atoms with Crippen molar-refractivity contribution in [3.05, 3.63) is 41.4 Å². The standard InChI is InChI=1S/C20H29FN4O2/c1-4-17(22)20(27)24-18-12-15(8-9-16(18)21)19(26)23-10-11-25-13(2)6-5-7-14(25)3/h4,8-9,12-14H,5-7,10-11,22H2,1-3H3,(H,23,26)(H,24,27)/b17-4-/t13-,14+. The molecule has 6 nitrogen and oxygen atoms in total. The molecule has 2 amide bonds. The van der Waals surface area contributed by atoms with Crippen molar-refractivity contribution >= 4 is 17.5 Å². The third-order valence-electron chi connectivity index (χ3n) is 5.08. The summed E-state index contributed by atoms with van der Waals surface area (Å²) in [6.07, 6.45) is 5.02. The first-order valence-corrected chi connectivity index (χ1v) is 9.40. The van der Waals surface area contributed by atoms with Gasteiger partial charge < -0.3 is 16.4 Å². The van der Waals surface area contributed by atoms with Gasteiger partial charge in [0.1, 0.15) is 5.82 Å². The molecule has 7 heteroatoms. The van der Waals surface area contributed by atoms with E-state index in [9.17, 15) is 14.0 Å². The van der Waals surface area contributed by atoms with Gasteiger partial charge in [-0.3, -0.25) is 14.5 Å². The number of carbonyl (C=O) groups is 2. The van der Waals surface area contributed by atoms with E-state index in [-0.39, 0.29) is 22.9 Å². The van der Waals surface area contributed by atoms with Gasteiger partial charge in [-0.05, 0) is 51.8 Å². The molecule has 0 aliphatic carbocycles. The lowest BCUT2D eigenvalue weighted by atomic mass is 9.98. The number of anilines is 1. The van der Waals surface area contributed by atoms with E-state index in [2.05, 4.69) is 29.4 Å². The molecule has 0 bridgehead atoms. The highest BCUT2D eigenvalue weighted by molar-refractivity contribution is 6.04. The number of amides is 2. The van der Waals surface area contributed by atoms with Crippen LogP contribution in [0.5, 0.6) is 0 Å². The van der Waals surface area contributed by atoms with Crippen LogP contribution in [0, 0.1) is 5.82 Å². The van der Waals surface area contributed by atoms with E-state index in [4.69, 9.17) is 5.73 Å². The molecule has 0 aromatic heterocycles. The minimum atomic E-state index is -0.625. The summed E-state index contributed by atoms with van der Waals surface area (Å²) < 4.78 is 13.9. The summed E-state index contributed by atoms with van der Waals surface area (Å²) in [5, 5.41) is 5.25. The van der Waals surface area contributed by atoms with Crippen molar-refractivity contribution in [1.82, 2.24) is 10.2 Å². The van der Waals surface area contributed by atoms with Crippen LogP contribution in [-0.2, 0) is 4.79 Å². The van der Waals surface area contributed by atoms with Crippen LogP contribution >= 0.6 is 0 Å². The van der Waals surface area contributed by atoms with Crippen molar-refractivity contribution in [2.75, 3.05) is 18.4 Å². The van der Waals surface area contributed by atoms with Crippen molar-refractivity contribution in [2.24, 2.45) is 5.73 Å². The van der Waals surface area contributed by atoms with Crippen LogP contribution in [0.2, 0.25) is 0 Å². The highest BCUT2D eigenvalue weighted by atomic mass is 19.1. The molecule has 1 aromatic carbocycles. The molecule has 0 radical (unpaired) electrons. The van der Waals surface area contributed by atoms with E-state index in [0.717, 1.165) is 12.6 Å². The van der Waals surface area contributed by atoms with Gasteiger partial charge in [-0.25, -0.2) is 4.39 Å². The first-order valence-electron chi connectivity index (χ1n) is 9.40. The van der Waals surface area contributed by atoms with Crippen molar-refractivity contribution < 1.29 is 14.0 Å². The average molecular weight is 376 g/mol. The van der Waals surface area contributed by atoms with E-state index in [1.807, 2.05) is 0 Å². The Kier molecular flexibility index (Phi) is 7.36. The Morgan fingerprint density at radius 3 is 2.59 bits per heavy atom. The molecule has 0 unspecified atom stereocenters. The molecule has 1 saturated heterocycles. The predicted molar refractivity (Wildman–Crippen MR) is 105 cm³/mol. The van der Waals surface area contributed by atoms with Crippen LogP contribution < -0.4 is 16.4 Å². The summed E-state index contributed by atoms with van der Waals surface area (Å²) in [7, 11) is 0. The number of likely N-dealkylation sites (tertiary alicyclic amines) is 1. The van der Waals surface area contributed by atoms with Gasteiger partial charge in [0.15, 0.2) is 0 Å². The number of hydrogen-bond donors (Lipinski definition) is 3. The molecule has 0 saturated carbocycles. The average Bonchev–Trinajstić information content (AvgIpc) is 2.64. The predicted octanol–water partition coefficient (Wildman–Crippen LogP) is 2.62. The summed E-state index contributed by atoms with van der Waals surface area (Å²) in [6.45, 7) is 7.32. The van der Waals surface area contributed by atoms with E-state index in [1.54, 1.807) is 6.92 Å². The fourth-order valence-electron chi connectivity index (χ4n) is 3.40. The minimum Gasteiger partial charge on any atom is -0.395 e. The molecular weight excluding hydrogens is 347 g/mol. The SMILES string of the molecule is C/C=C(\N)C(=O)Nc1cc(C(=O)NCCN2[C@H](C)CCC[C@@H]2C)ccc1F. The van der Waals surface area contributed by atoms with E-state index < -0.39 is 11.7 Å². The first-order chi connectivity index (χ1) is 12.8. The van der Waals surface area contributed by atoms with Gasteiger partial charge in [0, 0.05) is 30.7 Å². The largest absolute Gasteiger partial charge is 0.395 e. The fraction of sp³-hybridized carbons (Fsp3) is 0.500. The Morgan fingerprint density at radius 1 is 1.30 bits per heavy atom. The number of piperidine rings is 1. The second-order valence-corrected chi connectivity index (χ2v) is 7.02. The summed E-state index contributed by atoms with van der Waals surface area (Å²) in [6, 6.07) is 4.89. The van der Waals surface area contributed by atoms with Gasteiger partial charge in [0.25, 0.3) is 11.8 Å². The molecule has 1 aromatic rings. The molecule has 0 spiro atoms. The molecule has 27 heavy (non-hydrogen) atoms. The Balaban J connectivity index is 1.96. The molecule has 148 valence electrons. The van der Waals surface area contributed by atoms with E-state index in [0.29, 0.717) is 18.6 Å². The number of halogens is 1. The second kappa shape index (κ2) is 9.50. The Labute approximate surface area is 160 Å². The smallest absolute Gasteiger partial charge is 0.271 e. The third-order valence-corrected chi connectivity index (χ3v) is 5.08. The lowest BCUT2D eigenvalue weighted by Crippen LogP contribution is -2.47. The third kappa shape index (κ3) is 5.53. The van der Waals surface area contributed by atoms with Gasteiger partial charge in [-0.15, -0.1) is 0 Å². The topological polar surface area (TPSA) is 87.5 Å². The van der Waals surface area contributed by atoms with E-state index in [1.165, 1.54) is 37.5 Å². The zero-order chi connectivity index (χ0) is 20.0. The van der Waals surface area contributed by atoms with Crippen LogP contribution in [-0.4, -0.2) is 41.9 Å². The molecule has 4 N–H and O–H groups in total. The molecule has 1 heterocycles. The minimum absolute atomic E-state index is 0.0194. The Hall–Kier alpha value is -2.41. The molecular formula is C20H29FN4O2. The first kappa shape index (κ1) is 20.9. The summed E-state index contributed by atoms with van der Waals surface area (Å²) in [5.74, 6) is -1.54. The van der Waals surface area contributed by atoms with Gasteiger partial charge >= 0.3 is 0 Å². The molecule has 2 rings (SSSR count). The van der Waals surface area contributed by atoms with Crippen molar-refractivity contribution in [3.63, 3.8) is 0 Å². The Bertz CT molecular complexity index is 710. The lowest BCUT2D eigenvalue weighted by Gasteiger charge is -2.39. The van der Waals surface area contributed by atoms with Crippen LogP contribution in [0.3, 0.4) is 0 Å². The number of nitrogens with one attached hydrogen (secondary N) is 2. The number of rotatable bonds is 6. The fourth-order valence-corrected chi connectivity index (χ4v) is 3.40. The second-order valence-electron chi connectivity index (χ2n) is 7.02. The zero-order valence-corrected chi connectivity index (χ0v) is 16.2. The van der Waals surface area contributed by atoms with Crippen molar-refractivity contribution in [1.29, 1.82) is 0 Å². The van der Waals surface area contributed by atoms with Gasteiger partial charge in [0.05, 0.1) is 11.4 Å². The highest BCUT2D eigenvalue weighted by Crippen LogP contribution is 2.21.